The summed E-state index contributed by atoms with van der Waals surface area (Å²) in [6.07, 6.45) is 6.82. The maximum Gasteiger partial charge on any atom is 0.0568 e. The average molecular weight is 344 g/mol. The molecule has 0 radical (unpaired) electrons. The third kappa shape index (κ3) is 2.56. The van der Waals surface area contributed by atoms with Crippen LogP contribution in [0.2, 0.25) is 10.0 Å². The van der Waals surface area contributed by atoms with Gasteiger partial charge in [-0.2, -0.15) is 0 Å². The van der Waals surface area contributed by atoms with Crippen molar-refractivity contribution in [3.05, 3.63) is 75.3 Å². The van der Waals surface area contributed by atoms with E-state index in [4.69, 9.17) is 23.2 Å². The summed E-state index contributed by atoms with van der Waals surface area (Å²) in [5, 5.41) is 5.16. The van der Waals surface area contributed by atoms with Gasteiger partial charge in [-0.1, -0.05) is 60.5 Å². The molecule has 2 aliphatic rings. The molecule has 1 aliphatic carbocycles. The monoisotopic (exact) mass is 343 g/mol. The molecule has 0 amide bonds. The Morgan fingerprint density at radius 1 is 1.09 bits per heavy atom. The fraction of sp³-hybridized carbons (Fsp3) is 0.300. The molecule has 0 saturated heterocycles. The van der Waals surface area contributed by atoms with Crippen molar-refractivity contribution >= 4 is 28.9 Å². The van der Waals surface area contributed by atoms with Crippen LogP contribution in [0.4, 0.5) is 5.69 Å². The lowest BCUT2D eigenvalue weighted by molar-refractivity contribution is 0.425. The van der Waals surface area contributed by atoms with E-state index in [0.717, 1.165) is 23.4 Å². The van der Waals surface area contributed by atoms with Crippen LogP contribution in [0.15, 0.2) is 48.6 Å². The third-order valence-electron chi connectivity index (χ3n) is 5.13. The van der Waals surface area contributed by atoms with E-state index in [1.54, 1.807) is 0 Å². The minimum Gasteiger partial charge on any atom is -0.378 e. The molecule has 0 spiro atoms. The molecule has 0 fully saturated rings. The van der Waals surface area contributed by atoms with Crippen LogP contribution >= 0.6 is 23.2 Å². The molecular weight excluding hydrogens is 325 g/mol. The van der Waals surface area contributed by atoms with Crippen molar-refractivity contribution in [1.29, 1.82) is 0 Å². The number of anilines is 1. The number of halogens is 2. The summed E-state index contributed by atoms with van der Waals surface area (Å²) < 4.78 is 0. The largest absolute Gasteiger partial charge is 0.378 e. The number of allylic oxidation sites excluding steroid dienone is 2. The lowest BCUT2D eigenvalue weighted by Gasteiger charge is -2.38. The molecule has 0 unspecified atom stereocenters. The first-order valence-electron chi connectivity index (χ1n) is 8.18. The Kier molecular flexibility index (Phi) is 3.87. The van der Waals surface area contributed by atoms with E-state index in [-0.39, 0.29) is 6.04 Å². The van der Waals surface area contributed by atoms with Crippen LogP contribution in [0.3, 0.4) is 0 Å². The highest BCUT2D eigenvalue weighted by Gasteiger charge is 2.38. The van der Waals surface area contributed by atoms with Gasteiger partial charge in [-0.05, 0) is 53.6 Å². The van der Waals surface area contributed by atoms with Crippen molar-refractivity contribution < 1.29 is 0 Å². The van der Waals surface area contributed by atoms with E-state index in [1.807, 2.05) is 12.1 Å². The number of fused-ring (bicyclic) bond motifs is 3. The second-order valence-electron chi connectivity index (χ2n) is 6.42. The molecule has 3 atom stereocenters. The highest BCUT2D eigenvalue weighted by molar-refractivity contribution is 6.35. The van der Waals surface area contributed by atoms with Gasteiger partial charge in [0.2, 0.25) is 0 Å². The van der Waals surface area contributed by atoms with E-state index in [9.17, 15) is 0 Å². The smallest absolute Gasteiger partial charge is 0.0568 e. The highest BCUT2D eigenvalue weighted by Crippen LogP contribution is 2.51. The Labute approximate surface area is 147 Å². The lowest BCUT2D eigenvalue weighted by atomic mass is 9.76. The first kappa shape index (κ1) is 15.1. The Morgan fingerprint density at radius 2 is 1.96 bits per heavy atom. The molecular formula is C20H19Cl2N. The molecule has 4 rings (SSSR count). The summed E-state index contributed by atoms with van der Waals surface area (Å²) in [6.45, 7) is 2.20. The summed E-state index contributed by atoms with van der Waals surface area (Å²) in [7, 11) is 0. The third-order valence-corrected chi connectivity index (χ3v) is 5.70. The molecule has 1 nitrogen and oxygen atoms in total. The minimum atomic E-state index is 0.222. The van der Waals surface area contributed by atoms with Crippen molar-refractivity contribution in [2.24, 2.45) is 5.92 Å². The molecule has 3 heteroatoms. The maximum atomic E-state index is 6.48. The van der Waals surface area contributed by atoms with Crippen LogP contribution in [0, 0.1) is 5.92 Å². The van der Waals surface area contributed by atoms with Gasteiger partial charge in [0.05, 0.1) is 6.04 Å². The Morgan fingerprint density at radius 3 is 2.74 bits per heavy atom. The molecule has 118 valence electrons. The van der Waals surface area contributed by atoms with Gasteiger partial charge in [-0.3, -0.25) is 0 Å². The second kappa shape index (κ2) is 5.89. The summed E-state index contributed by atoms with van der Waals surface area (Å²) in [5.41, 5.74) is 5.18. The quantitative estimate of drug-likeness (QED) is 0.623. The van der Waals surface area contributed by atoms with Crippen LogP contribution in [0.25, 0.3) is 0 Å². The van der Waals surface area contributed by atoms with Crippen LogP contribution in [0.5, 0.6) is 0 Å². The zero-order valence-corrected chi connectivity index (χ0v) is 14.5. The van der Waals surface area contributed by atoms with Crippen molar-refractivity contribution in [1.82, 2.24) is 0 Å². The topological polar surface area (TPSA) is 12.0 Å². The summed E-state index contributed by atoms with van der Waals surface area (Å²) in [4.78, 5) is 0. The molecule has 0 aromatic heterocycles. The zero-order chi connectivity index (χ0) is 16.0. The van der Waals surface area contributed by atoms with Crippen molar-refractivity contribution in [2.75, 3.05) is 5.32 Å². The van der Waals surface area contributed by atoms with Gasteiger partial charge in [0.25, 0.3) is 0 Å². The standard InChI is InChI=1S/C20H19Cl2N/c1-2-12-6-9-19-17(10-12)14-4-3-5-15(14)20(23-19)16-8-7-13(21)11-18(16)22/h3-4,6-11,14-15,20,23H,2,5H2,1H3/t14-,15+,20-/m1/s1. The second-order valence-corrected chi connectivity index (χ2v) is 7.26. The predicted molar refractivity (Wildman–Crippen MR) is 98.6 cm³/mol. The van der Waals surface area contributed by atoms with Crippen LogP contribution < -0.4 is 5.32 Å². The highest BCUT2D eigenvalue weighted by atomic mass is 35.5. The summed E-state index contributed by atoms with van der Waals surface area (Å²) in [6, 6.07) is 12.8. The van der Waals surface area contributed by atoms with Gasteiger partial charge in [-0.25, -0.2) is 0 Å². The van der Waals surface area contributed by atoms with E-state index in [0.29, 0.717) is 16.9 Å². The number of benzene rings is 2. The Bertz CT molecular complexity index is 781. The molecule has 1 heterocycles. The Balaban J connectivity index is 1.79. The zero-order valence-electron chi connectivity index (χ0n) is 13.0. The number of hydrogen-bond donors (Lipinski definition) is 1. The van der Waals surface area contributed by atoms with Gasteiger partial charge >= 0.3 is 0 Å². The van der Waals surface area contributed by atoms with Crippen molar-refractivity contribution in [2.45, 2.75) is 31.7 Å². The van der Waals surface area contributed by atoms with E-state index in [2.05, 4.69) is 48.7 Å². The van der Waals surface area contributed by atoms with Crippen LogP contribution in [0.1, 0.15) is 42.0 Å². The SMILES string of the molecule is CCc1ccc2c(c1)[C@@H]1C=CC[C@@H]1[C@H](c1ccc(Cl)cc1Cl)N2. The lowest BCUT2D eigenvalue weighted by Crippen LogP contribution is -2.29. The summed E-state index contributed by atoms with van der Waals surface area (Å²) in [5.74, 6) is 0.975. The number of rotatable bonds is 2. The fourth-order valence-corrected chi connectivity index (χ4v) is 4.45. The van der Waals surface area contributed by atoms with Crippen LogP contribution in [-0.4, -0.2) is 0 Å². The molecule has 2 aromatic rings. The normalized spacial score (nSPS) is 24.9. The molecule has 1 aliphatic heterocycles. The van der Waals surface area contributed by atoms with Crippen molar-refractivity contribution in [3.63, 3.8) is 0 Å². The summed E-state index contributed by atoms with van der Waals surface area (Å²) >= 11 is 12.5. The molecule has 0 bridgehead atoms. The molecule has 2 aromatic carbocycles. The molecule has 23 heavy (non-hydrogen) atoms. The van der Waals surface area contributed by atoms with E-state index >= 15 is 0 Å². The molecule has 1 N–H and O–H groups in total. The van der Waals surface area contributed by atoms with Gasteiger partial charge in [0, 0.05) is 21.7 Å². The number of hydrogen-bond acceptors (Lipinski definition) is 1. The molecule has 0 saturated carbocycles. The average Bonchev–Trinajstić information content (AvgIpc) is 3.04. The van der Waals surface area contributed by atoms with E-state index in [1.165, 1.54) is 16.8 Å². The fourth-order valence-electron chi connectivity index (χ4n) is 3.93. The first-order chi connectivity index (χ1) is 11.2. The van der Waals surface area contributed by atoms with Gasteiger partial charge in [0.15, 0.2) is 0 Å². The van der Waals surface area contributed by atoms with Crippen molar-refractivity contribution in [3.8, 4) is 0 Å². The van der Waals surface area contributed by atoms with E-state index < -0.39 is 0 Å². The number of nitrogens with one attached hydrogen (secondary N) is 1. The minimum absolute atomic E-state index is 0.222. The van der Waals surface area contributed by atoms with Gasteiger partial charge in [-0.15, -0.1) is 0 Å². The maximum absolute atomic E-state index is 6.48. The van der Waals surface area contributed by atoms with Crippen LogP contribution in [-0.2, 0) is 6.42 Å². The number of aryl methyl sites for hydroxylation is 1. The van der Waals surface area contributed by atoms with Gasteiger partial charge < -0.3 is 5.32 Å². The van der Waals surface area contributed by atoms with Gasteiger partial charge in [0.1, 0.15) is 0 Å². The Hall–Kier alpha value is -1.44. The predicted octanol–water partition coefficient (Wildman–Crippen LogP) is 6.38. The first-order valence-corrected chi connectivity index (χ1v) is 8.94.